The van der Waals surface area contributed by atoms with Gasteiger partial charge in [0.15, 0.2) is 0 Å². The fourth-order valence-corrected chi connectivity index (χ4v) is 1.26. The van der Waals surface area contributed by atoms with E-state index in [0.717, 1.165) is 11.9 Å². The van der Waals surface area contributed by atoms with E-state index in [1.165, 1.54) is 4.90 Å². The Morgan fingerprint density at radius 2 is 2.00 bits per heavy atom. The van der Waals surface area contributed by atoms with Gasteiger partial charge in [-0.25, -0.2) is 0 Å². The molecule has 4 nitrogen and oxygen atoms in total. The van der Waals surface area contributed by atoms with Crippen LogP contribution in [0.25, 0.3) is 0 Å². The molecular formula is C11H13N3O. The van der Waals surface area contributed by atoms with Crippen molar-refractivity contribution in [1.82, 2.24) is 0 Å². The Balaban J connectivity index is 2.95. The Morgan fingerprint density at radius 1 is 1.40 bits per heavy atom. The van der Waals surface area contributed by atoms with Gasteiger partial charge in [-0.15, -0.1) is 0 Å². The Kier molecular flexibility index (Phi) is 3.74. The van der Waals surface area contributed by atoms with Crippen LogP contribution >= 0.6 is 0 Å². The number of benzene rings is 1. The molecule has 0 aromatic heterocycles. The van der Waals surface area contributed by atoms with Crippen LogP contribution in [-0.4, -0.2) is 24.4 Å². The SMILES string of the molecule is CCN(C(=O)C(=N)C=N)c1ccccc1. The van der Waals surface area contributed by atoms with Gasteiger partial charge >= 0.3 is 0 Å². The van der Waals surface area contributed by atoms with Gasteiger partial charge in [0, 0.05) is 18.4 Å². The van der Waals surface area contributed by atoms with Crippen molar-refractivity contribution in [3.05, 3.63) is 30.3 Å². The maximum absolute atomic E-state index is 11.7. The Morgan fingerprint density at radius 3 is 2.47 bits per heavy atom. The lowest BCUT2D eigenvalue weighted by molar-refractivity contribution is -0.112. The van der Waals surface area contributed by atoms with E-state index in [4.69, 9.17) is 10.8 Å². The van der Waals surface area contributed by atoms with E-state index in [2.05, 4.69) is 0 Å². The van der Waals surface area contributed by atoms with Gasteiger partial charge in [0.25, 0.3) is 5.91 Å². The lowest BCUT2D eigenvalue weighted by Gasteiger charge is -2.19. The third kappa shape index (κ3) is 2.49. The number of nitrogens with zero attached hydrogens (tertiary/aromatic N) is 1. The molecule has 1 aromatic rings. The van der Waals surface area contributed by atoms with Crippen molar-refractivity contribution in [3.63, 3.8) is 0 Å². The van der Waals surface area contributed by atoms with E-state index in [9.17, 15) is 4.79 Å². The third-order valence-electron chi connectivity index (χ3n) is 2.00. The summed E-state index contributed by atoms with van der Waals surface area (Å²) in [5.41, 5.74) is 0.442. The average molecular weight is 203 g/mol. The number of hydrogen-bond donors (Lipinski definition) is 2. The number of nitrogens with one attached hydrogen (secondary N) is 2. The van der Waals surface area contributed by atoms with Gasteiger partial charge in [-0.1, -0.05) is 18.2 Å². The van der Waals surface area contributed by atoms with Crippen molar-refractivity contribution in [3.8, 4) is 0 Å². The van der Waals surface area contributed by atoms with Gasteiger partial charge in [0.05, 0.1) is 0 Å². The second-order valence-electron chi connectivity index (χ2n) is 2.94. The van der Waals surface area contributed by atoms with Crippen molar-refractivity contribution in [1.29, 1.82) is 10.8 Å². The molecule has 0 atom stereocenters. The van der Waals surface area contributed by atoms with Gasteiger partial charge in [-0.05, 0) is 19.1 Å². The van der Waals surface area contributed by atoms with Crippen molar-refractivity contribution in [2.75, 3.05) is 11.4 Å². The number of anilines is 1. The zero-order valence-electron chi connectivity index (χ0n) is 8.53. The normalized spacial score (nSPS) is 9.40. The summed E-state index contributed by atoms with van der Waals surface area (Å²) < 4.78 is 0. The van der Waals surface area contributed by atoms with Crippen LogP contribution in [0, 0.1) is 10.8 Å². The summed E-state index contributed by atoms with van der Waals surface area (Å²) in [7, 11) is 0. The molecule has 0 aliphatic rings. The molecule has 1 rings (SSSR count). The fourth-order valence-electron chi connectivity index (χ4n) is 1.26. The van der Waals surface area contributed by atoms with E-state index >= 15 is 0 Å². The molecule has 1 aromatic carbocycles. The van der Waals surface area contributed by atoms with Crippen LogP contribution in [0.2, 0.25) is 0 Å². The minimum Gasteiger partial charge on any atom is -0.307 e. The minimum absolute atomic E-state index is 0.305. The molecular weight excluding hydrogens is 190 g/mol. The van der Waals surface area contributed by atoms with Gasteiger partial charge in [0.1, 0.15) is 5.71 Å². The summed E-state index contributed by atoms with van der Waals surface area (Å²) in [6.45, 7) is 2.32. The van der Waals surface area contributed by atoms with Crippen LogP contribution in [0.15, 0.2) is 30.3 Å². The van der Waals surface area contributed by atoms with Crippen molar-refractivity contribution in [2.45, 2.75) is 6.92 Å². The molecule has 0 aliphatic carbocycles. The van der Waals surface area contributed by atoms with Crippen LogP contribution in [0.1, 0.15) is 6.92 Å². The van der Waals surface area contributed by atoms with Crippen LogP contribution in [-0.2, 0) is 4.79 Å². The number of carbonyl (C=O) groups excluding carboxylic acids is 1. The monoisotopic (exact) mass is 203 g/mol. The molecule has 2 N–H and O–H groups in total. The van der Waals surface area contributed by atoms with Crippen molar-refractivity contribution in [2.24, 2.45) is 0 Å². The molecule has 0 saturated carbocycles. The zero-order valence-corrected chi connectivity index (χ0v) is 8.53. The summed E-state index contributed by atoms with van der Waals surface area (Å²) in [4.78, 5) is 13.1. The maximum Gasteiger partial charge on any atom is 0.277 e. The lowest BCUT2D eigenvalue weighted by atomic mass is 10.2. The highest BCUT2D eigenvalue weighted by molar-refractivity contribution is 6.61. The van der Waals surface area contributed by atoms with E-state index in [1.54, 1.807) is 12.1 Å². The highest BCUT2D eigenvalue weighted by Gasteiger charge is 2.16. The number of para-hydroxylation sites is 1. The minimum atomic E-state index is -0.446. The smallest absolute Gasteiger partial charge is 0.277 e. The van der Waals surface area contributed by atoms with Crippen molar-refractivity contribution < 1.29 is 4.79 Å². The quantitative estimate of drug-likeness (QED) is 0.718. The number of carbonyl (C=O) groups is 1. The Hall–Kier alpha value is -1.97. The molecule has 78 valence electrons. The van der Waals surface area contributed by atoms with E-state index in [1.807, 2.05) is 25.1 Å². The molecule has 0 bridgehead atoms. The average Bonchev–Trinajstić information content (AvgIpc) is 2.30. The molecule has 0 unspecified atom stereocenters. The van der Waals surface area contributed by atoms with Crippen LogP contribution in [0.4, 0.5) is 5.69 Å². The number of hydrogen-bond acceptors (Lipinski definition) is 3. The summed E-state index contributed by atoms with van der Waals surface area (Å²) in [6, 6.07) is 9.14. The highest BCUT2D eigenvalue weighted by Crippen LogP contribution is 2.12. The first-order valence-electron chi connectivity index (χ1n) is 4.66. The largest absolute Gasteiger partial charge is 0.307 e. The van der Waals surface area contributed by atoms with Gasteiger partial charge in [0.2, 0.25) is 0 Å². The van der Waals surface area contributed by atoms with E-state index < -0.39 is 5.91 Å². The number of amides is 1. The molecule has 15 heavy (non-hydrogen) atoms. The maximum atomic E-state index is 11.7. The predicted molar refractivity (Wildman–Crippen MR) is 61.0 cm³/mol. The number of rotatable bonds is 4. The third-order valence-corrected chi connectivity index (χ3v) is 2.00. The highest BCUT2D eigenvalue weighted by atomic mass is 16.2. The molecule has 0 aliphatic heterocycles. The van der Waals surface area contributed by atoms with Crippen LogP contribution in [0.5, 0.6) is 0 Å². The summed E-state index contributed by atoms with van der Waals surface area (Å²) in [6.07, 6.45) is 0.758. The lowest BCUT2D eigenvalue weighted by Crippen LogP contribution is -2.36. The van der Waals surface area contributed by atoms with E-state index in [-0.39, 0.29) is 5.71 Å². The van der Waals surface area contributed by atoms with Gasteiger partial charge in [-0.3, -0.25) is 10.2 Å². The first-order valence-corrected chi connectivity index (χ1v) is 4.66. The zero-order chi connectivity index (χ0) is 11.3. The van der Waals surface area contributed by atoms with Crippen LogP contribution in [0.3, 0.4) is 0 Å². The van der Waals surface area contributed by atoms with Gasteiger partial charge in [-0.2, -0.15) is 0 Å². The second kappa shape index (κ2) is 5.05. The fraction of sp³-hybridized carbons (Fsp3) is 0.182. The predicted octanol–water partition coefficient (Wildman–Crippen LogP) is 1.71. The van der Waals surface area contributed by atoms with Crippen LogP contribution < -0.4 is 4.90 Å². The van der Waals surface area contributed by atoms with Crippen molar-refractivity contribution >= 4 is 23.5 Å². The first kappa shape index (κ1) is 11.1. The molecule has 0 spiro atoms. The molecule has 0 saturated heterocycles. The first-order chi connectivity index (χ1) is 7.20. The van der Waals surface area contributed by atoms with Gasteiger partial charge < -0.3 is 10.3 Å². The molecule has 0 radical (unpaired) electrons. The summed E-state index contributed by atoms with van der Waals surface area (Å²) in [5.74, 6) is -0.446. The molecule has 0 heterocycles. The molecule has 0 fully saturated rings. The second-order valence-corrected chi connectivity index (χ2v) is 2.94. The van der Waals surface area contributed by atoms with E-state index in [0.29, 0.717) is 6.54 Å². The summed E-state index contributed by atoms with van der Waals surface area (Å²) in [5, 5.41) is 14.2. The standard InChI is InChI=1S/C11H13N3O/c1-2-14(11(15)10(13)8-12)9-6-4-3-5-7-9/h3-8,12-13H,2H2,1H3. The Labute approximate surface area is 88.5 Å². The summed E-state index contributed by atoms with van der Waals surface area (Å²) >= 11 is 0. The molecule has 1 amide bonds. The Bertz CT molecular complexity index is 373. The molecule has 4 heteroatoms. The topological polar surface area (TPSA) is 68.0 Å².